The van der Waals surface area contributed by atoms with Gasteiger partial charge in [-0.1, -0.05) is 26.7 Å². The van der Waals surface area contributed by atoms with Gasteiger partial charge in [0.05, 0.1) is 6.26 Å². The molecule has 0 aliphatic heterocycles. The topological polar surface area (TPSA) is 33.4 Å². The summed E-state index contributed by atoms with van der Waals surface area (Å²) in [6.45, 7) is 6.20. The summed E-state index contributed by atoms with van der Waals surface area (Å²) in [6.07, 6.45) is 4.63. The number of aryl methyl sites for hydroxylation is 1. The molecule has 1 aromatic rings. The van der Waals surface area contributed by atoms with Gasteiger partial charge < -0.3 is 9.52 Å². The fraction of sp³-hybridized carbons (Fsp3) is 0.667. The van der Waals surface area contributed by atoms with Crippen molar-refractivity contribution in [2.45, 2.75) is 46.1 Å². The molecule has 1 rings (SSSR count). The lowest BCUT2D eigenvalue weighted by molar-refractivity contribution is 0.0887. The third-order valence-corrected chi connectivity index (χ3v) is 2.59. The first-order valence-corrected chi connectivity index (χ1v) is 5.38. The van der Waals surface area contributed by atoms with Gasteiger partial charge in [0.1, 0.15) is 11.9 Å². The van der Waals surface area contributed by atoms with Crippen LogP contribution in [-0.2, 0) is 0 Å². The van der Waals surface area contributed by atoms with E-state index < -0.39 is 6.10 Å². The van der Waals surface area contributed by atoms with Gasteiger partial charge in [-0.3, -0.25) is 0 Å². The predicted molar refractivity (Wildman–Crippen MR) is 57.1 cm³/mol. The van der Waals surface area contributed by atoms with E-state index in [0.29, 0.717) is 5.76 Å². The van der Waals surface area contributed by atoms with Gasteiger partial charge in [0.25, 0.3) is 0 Å². The molecule has 80 valence electrons. The van der Waals surface area contributed by atoms with Crippen LogP contribution < -0.4 is 0 Å². The Hall–Kier alpha value is -0.760. The van der Waals surface area contributed by atoms with E-state index in [1.165, 1.54) is 6.42 Å². The van der Waals surface area contributed by atoms with E-state index in [9.17, 15) is 5.11 Å². The quantitative estimate of drug-likeness (QED) is 0.782. The van der Waals surface area contributed by atoms with Crippen molar-refractivity contribution in [2.24, 2.45) is 5.92 Å². The molecular weight excluding hydrogens is 176 g/mol. The van der Waals surface area contributed by atoms with Crippen LogP contribution in [0.1, 0.15) is 50.5 Å². The van der Waals surface area contributed by atoms with Gasteiger partial charge >= 0.3 is 0 Å². The second kappa shape index (κ2) is 5.20. The Bertz CT molecular complexity index is 265. The number of hydrogen-bond acceptors (Lipinski definition) is 2. The molecule has 2 heteroatoms. The Morgan fingerprint density at radius 1 is 1.50 bits per heavy atom. The molecule has 0 bridgehead atoms. The van der Waals surface area contributed by atoms with Crippen LogP contribution in [-0.4, -0.2) is 5.11 Å². The molecule has 2 unspecified atom stereocenters. The van der Waals surface area contributed by atoms with E-state index in [-0.39, 0.29) is 5.92 Å². The van der Waals surface area contributed by atoms with E-state index in [4.69, 9.17) is 4.42 Å². The first-order valence-electron chi connectivity index (χ1n) is 5.38. The summed E-state index contributed by atoms with van der Waals surface area (Å²) < 4.78 is 5.28. The minimum atomic E-state index is -0.449. The number of furan rings is 1. The van der Waals surface area contributed by atoms with Gasteiger partial charge in [-0.25, -0.2) is 0 Å². The van der Waals surface area contributed by atoms with Crippen molar-refractivity contribution in [3.63, 3.8) is 0 Å². The van der Waals surface area contributed by atoms with Crippen molar-refractivity contribution in [1.29, 1.82) is 0 Å². The number of hydrogen-bond donors (Lipinski definition) is 1. The molecule has 1 N–H and O–H groups in total. The first-order chi connectivity index (χ1) is 6.65. The summed E-state index contributed by atoms with van der Waals surface area (Å²) in [5.41, 5.74) is 1.07. The molecule has 14 heavy (non-hydrogen) atoms. The molecule has 2 nitrogen and oxygen atoms in total. The largest absolute Gasteiger partial charge is 0.466 e. The number of unbranched alkanes of at least 4 members (excludes halogenated alkanes) is 1. The Labute approximate surface area is 85.9 Å². The van der Waals surface area contributed by atoms with Crippen LogP contribution in [0.3, 0.4) is 0 Å². The average molecular weight is 196 g/mol. The third-order valence-electron chi connectivity index (χ3n) is 2.59. The Morgan fingerprint density at radius 2 is 2.21 bits per heavy atom. The molecule has 0 aromatic carbocycles. The zero-order chi connectivity index (χ0) is 10.6. The molecule has 0 saturated heterocycles. The molecule has 1 heterocycles. The highest BCUT2D eigenvalue weighted by Crippen LogP contribution is 2.26. The maximum atomic E-state index is 9.94. The van der Waals surface area contributed by atoms with E-state index in [1.54, 1.807) is 6.26 Å². The fourth-order valence-electron chi connectivity index (χ4n) is 1.57. The van der Waals surface area contributed by atoms with Crippen LogP contribution in [0.2, 0.25) is 0 Å². The summed E-state index contributed by atoms with van der Waals surface area (Å²) >= 11 is 0. The highest BCUT2D eigenvalue weighted by Gasteiger charge is 2.18. The van der Waals surface area contributed by atoms with Crippen molar-refractivity contribution >= 4 is 0 Å². The minimum absolute atomic E-state index is 0.278. The van der Waals surface area contributed by atoms with Gasteiger partial charge in [-0.2, -0.15) is 0 Å². The first kappa shape index (κ1) is 11.3. The lowest BCUT2D eigenvalue weighted by Crippen LogP contribution is -2.08. The van der Waals surface area contributed by atoms with Gasteiger partial charge in [0.2, 0.25) is 0 Å². The predicted octanol–water partition coefficient (Wildman–Crippen LogP) is 3.45. The number of rotatable bonds is 5. The Morgan fingerprint density at radius 3 is 2.71 bits per heavy atom. The third kappa shape index (κ3) is 2.88. The van der Waals surface area contributed by atoms with Gasteiger partial charge in [-0.15, -0.1) is 0 Å². The summed E-state index contributed by atoms with van der Waals surface area (Å²) in [5, 5.41) is 9.94. The van der Waals surface area contributed by atoms with Crippen LogP contribution in [0.5, 0.6) is 0 Å². The van der Waals surface area contributed by atoms with E-state index in [0.717, 1.165) is 18.4 Å². The summed E-state index contributed by atoms with van der Waals surface area (Å²) in [5.74, 6) is 0.978. The molecule has 0 amide bonds. The van der Waals surface area contributed by atoms with Crippen molar-refractivity contribution < 1.29 is 9.52 Å². The summed E-state index contributed by atoms with van der Waals surface area (Å²) in [7, 11) is 0. The zero-order valence-corrected chi connectivity index (χ0v) is 9.29. The molecular formula is C12H20O2. The fourth-order valence-corrected chi connectivity index (χ4v) is 1.57. The molecule has 0 radical (unpaired) electrons. The highest BCUT2D eigenvalue weighted by atomic mass is 16.4. The van der Waals surface area contributed by atoms with Crippen molar-refractivity contribution in [3.05, 3.63) is 23.7 Å². The maximum absolute atomic E-state index is 9.94. The summed E-state index contributed by atoms with van der Waals surface area (Å²) in [6, 6.07) is 1.91. The van der Waals surface area contributed by atoms with Crippen molar-refractivity contribution in [1.82, 2.24) is 0 Å². The van der Waals surface area contributed by atoms with E-state index >= 15 is 0 Å². The minimum Gasteiger partial charge on any atom is -0.466 e. The lowest BCUT2D eigenvalue weighted by atomic mass is 9.96. The molecule has 0 fully saturated rings. The van der Waals surface area contributed by atoms with Crippen LogP contribution in [0.4, 0.5) is 0 Å². The zero-order valence-electron chi connectivity index (χ0n) is 9.29. The maximum Gasteiger partial charge on any atom is 0.132 e. The van der Waals surface area contributed by atoms with Crippen LogP contribution in [0.25, 0.3) is 0 Å². The van der Waals surface area contributed by atoms with E-state index in [1.807, 2.05) is 13.0 Å². The van der Waals surface area contributed by atoms with Crippen molar-refractivity contribution in [3.8, 4) is 0 Å². The van der Waals surface area contributed by atoms with Gasteiger partial charge in [-0.05, 0) is 30.9 Å². The lowest BCUT2D eigenvalue weighted by Gasteiger charge is -2.15. The molecule has 0 aliphatic carbocycles. The molecule has 1 aromatic heterocycles. The Balaban J connectivity index is 2.51. The van der Waals surface area contributed by atoms with Gasteiger partial charge in [0.15, 0.2) is 0 Å². The second-order valence-electron chi connectivity index (χ2n) is 4.09. The Kier molecular flexibility index (Phi) is 4.21. The SMILES string of the molecule is CCCCC(C)C(O)c1cc(C)co1. The van der Waals surface area contributed by atoms with Crippen molar-refractivity contribution in [2.75, 3.05) is 0 Å². The number of aliphatic hydroxyl groups is 1. The molecule has 0 spiro atoms. The van der Waals surface area contributed by atoms with Crippen LogP contribution >= 0.6 is 0 Å². The molecule has 0 aliphatic rings. The molecule has 2 atom stereocenters. The number of aliphatic hydroxyl groups excluding tert-OH is 1. The second-order valence-corrected chi connectivity index (χ2v) is 4.09. The smallest absolute Gasteiger partial charge is 0.132 e. The monoisotopic (exact) mass is 196 g/mol. The van der Waals surface area contributed by atoms with E-state index in [2.05, 4.69) is 13.8 Å². The van der Waals surface area contributed by atoms with Crippen LogP contribution in [0.15, 0.2) is 16.7 Å². The highest BCUT2D eigenvalue weighted by molar-refractivity contribution is 5.12. The summed E-state index contributed by atoms with van der Waals surface area (Å²) in [4.78, 5) is 0. The van der Waals surface area contributed by atoms with Crippen LogP contribution in [0, 0.1) is 12.8 Å². The molecule has 0 saturated carbocycles. The van der Waals surface area contributed by atoms with Gasteiger partial charge in [0, 0.05) is 0 Å². The normalized spacial score (nSPS) is 15.4. The standard InChI is InChI=1S/C12H20O2/c1-4-5-6-10(3)12(13)11-7-9(2)8-14-11/h7-8,10,12-13H,4-6H2,1-3H3. The average Bonchev–Trinajstić information content (AvgIpc) is 2.60.